The zero-order valence-corrected chi connectivity index (χ0v) is 6.81. The Balaban J connectivity index is -0.0000000150. The Kier molecular flexibility index (Phi) is 51.6. The van der Waals surface area contributed by atoms with Crippen molar-refractivity contribution >= 4 is 82.5 Å². The molecule has 0 rings (SSSR count). The van der Waals surface area contributed by atoms with Gasteiger partial charge in [-0.15, -0.1) is 0 Å². The van der Waals surface area contributed by atoms with E-state index < -0.39 is 5.97 Å². The molecule has 0 aliphatic heterocycles. The number of carbonyl (C=O) groups is 1. The maximum absolute atomic E-state index is 8.89. The first-order valence-electron chi connectivity index (χ1n) is 0.781. The molecule has 0 aromatic carbocycles. The number of carboxylic acid groups (broad SMARTS) is 1. The Bertz CT molecular complexity index is 38.7. The minimum absolute atomic E-state index is 0. The molecule has 0 heterocycles. The Morgan fingerprint density at radius 3 is 1.57 bits per heavy atom. The fourth-order valence-corrected chi connectivity index (χ4v) is 0. The Morgan fingerprint density at radius 2 is 1.57 bits per heavy atom. The zero-order valence-electron chi connectivity index (χ0n) is 2.77. The van der Waals surface area contributed by atoms with Crippen LogP contribution in [0.1, 0.15) is 0 Å². The van der Waals surface area contributed by atoms with E-state index in [1.54, 1.807) is 0 Å². The number of hydrogen-bond donors (Lipinski definition) is 1. The standard InChI is InChI=1S/C2H3O2.Mg.Na.Sn.5H/c1-2(3)4;;;;;;;;/h1H2,(H,3,4);;;;;;;;. The molecule has 0 unspecified atom stereocenters. The van der Waals surface area contributed by atoms with Crippen LogP contribution in [0.2, 0.25) is 0 Å². The van der Waals surface area contributed by atoms with Gasteiger partial charge in [0.15, 0.2) is 0 Å². The van der Waals surface area contributed by atoms with E-state index in [2.05, 4.69) is 6.92 Å². The molecule has 0 fully saturated rings. The van der Waals surface area contributed by atoms with Crippen LogP contribution in [-0.4, -0.2) is 87.6 Å². The predicted molar refractivity (Wildman–Crippen MR) is 37.2 cm³/mol. The molecule has 5 heteroatoms. The summed E-state index contributed by atoms with van der Waals surface area (Å²) in [4.78, 5) is 8.89. The van der Waals surface area contributed by atoms with Crippen LogP contribution < -0.4 is 0 Å². The quantitative estimate of drug-likeness (QED) is 0.464. The second-order valence-electron chi connectivity index (χ2n) is 0.394. The Labute approximate surface area is 97.8 Å². The fraction of sp³-hybridized carbons (Fsp3) is 0. The molecule has 0 aliphatic carbocycles. The molecule has 2 nitrogen and oxygen atoms in total. The van der Waals surface area contributed by atoms with Gasteiger partial charge in [0.25, 0.3) is 0 Å². The van der Waals surface area contributed by atoms with Gasteiger partial charge in [-0.05, 0) is 0 Å². The molecule has 1 N–H and O–H groups in total. The van der Waals surface area contributed by atoms with Crippen LogP contribution in [0.15, 0.2) is 0 Å². The van der Waals surface area contributed by atoms with Crippen molar-refractivity contribution in [2.45, 2.75) is 0 Å². The van der Waals surface area contributed by atoms with E-state index in [0.29, 0.717) is 0 Å². The fourth-order valence-electron chi connectivity index (χ4n) is 0. The van der Waals surface area contributed by atoms with Crippen LogP contribution in [0, 0.1) is 6.92 Å². The van der Waals surface area contributed by atoms with Crippen molar-refractivity contribution in [3.05, 3.63) is 6.92 Å². The molecule has 0 saturated carbocycles. The third kappa shape index (κ3) is 70.7. The Morgan fingerprint density at radius 1 is 1.57 bits per heavy atom. The van der Waals surface area contributed by atoms with E-state index in [1.165, 1.54) is 0 Å². The van der Waals surface area contributed by atoms with E-state index in [0.717, 1.165) is 0 Å². The first-order chi connectivity index (χ1) is 1.73. The van der Waals surface area contributed by atoms with Crippen molar-refractivity contribution in [3.8, 4) is 0 Å². The van der Waals surface area contributed by atoms with Crippen LogP contribution in [0.3, 0.4) is 0 Å². The van der Waals surface area contributed by atoms with Gasteiger partial charge < -0.3 is 5.11 Å². The van der Waals surface area contributed by atoms with Gasteiger partial charge in [0.05, 0.1) is 6.92 Å². The normalized spacial score (nSPS) is 3.57. The van der Waals surface area contributed by atoms with E-state index in [9.17, 15) is 0 Å². The summed E-state index contributed by atoms with van der Waals surface area (Å²) in [6.07, 6.45) is 0. The van der Waals surface area contributed by atoms with Gasteiger partial charge in [-0.1, -0.05) is 0 Å². The SMILES string of the molecule is [CH2]C(=O)O.[MgH2].[NaH].[SnH2]. The van der Waals surface area contributed by atoms with E-state index in [-0.39, 0.29) is 76.5 Å². The van der Waals surface area contributed by atoms with E-state index in [4.69, 9.17) is 9.90 Å². The summed E-state index contributed by atoms with van der Waals surface area (Å²) < 4.78 is 0. The minimum atomic E-state index is -1.08. The van der Waals surface area contributed by atoms with Gasteiger partial charge in [-0.2, -0.15) is 0 Å². The van der Waals surface area contributed by atoms with E-state index in [1.807, 2.05) is 0 Å². The average molecular weight is 230 g/mol. The summed E-state index contributed by atoms with van der Waals surface area (Å²) in [5.41, 5.74) is 0. The molecule has 35 valence electrons. The van der Waals surface area contributed by atoms with Crippen LogP contribution in [0.5, 0.6) is 0 Å². The van der Waals surface area contributed by atoms with Crippen molar-refractivity contribution in [3.63, 3.8) is 0 Å². The number of rotatable bonds is 0. The second-order valence-corrected chi connectivity index (χ2v) is 0.394. The molecule has 0 amide bonds. The maximum atomic E-state index is 8.89. The first-order valence-corrected chi connectivity index (χ1v) is 0.781. The molecule has 0 bridgehead atoms. The second kappa shape index (κ2) is 15.7. The van der Waals surface area contributed by atoms with Crippen LogP contribution in [0.25, 0.3) is 0 Å². The Hall–Kier alpha value is 2.03. The number of carboxylic acids is 1. The topological polar surface area (TPSA) is 37.3 Å². The van der Waals surface area contributed by atoms with Crippen molar-refractivity contribution in [2.24, 2.45) is 0 Å². The van der Waals surface area contributed by atoms with Gasteiger partial charge >= 0.3 is 82.5 Å². The summed E-state index contributed by atoms with van der Waals surface area (Å²) in [5, 5.41) is 7.31. The summed E-state index contributed by atoms with van der Waals surface area (Å²) in [6.45, 7) is 2.56. The molecule has 0 spiro atoms. The summed E-state index contributed by atoms with van der Waals surface area (Å²) in [6, 6.07) is 0. The van der Waals surface area contributed by atoms with Crippen molar-refractivity contribution in [1.82, 2.24) is 0 Å². The molecule has 7 heavy (non-hydrogen) atoms. The molecule has 0 atom stereocenters. The van der Waals surface area contributed by atoms with Gasteiger partial charge in [-0.25, -0.2) is 0 Å². The molecule has 0 aliphatic rings. The van der Waals surface area contributed by atoms with Crippen LogP contribution in [-0.2, 0) is 4.79 Å². The third-order valence-corrected chi connectivity index (χ3v) is 0. The molecule has 0 aromatic rings. The van der Waals surface area contributed by atoms with Crippen molar-refractivity contribution < 1.29 is 9.90 Å². The van der Waals surface area contributed by atoms with Gasteiger partial charge in [0.1, 0.15) is 0 Å². The zero-order chi connectivity index (χ0) is 3.58. The average Bonchev–Trinajstić information content (AvgIpc) is 0.811. The number of aliphatic carboxylic acids is 1. The molecular formula is C2H8MgNaO2Sn. The van der Waals surface area contributed by atoms with Crippen molar-refractivity contribution in [2.75, 3.05) is 0 Å². The van der Waals surface area contributed by atoms with Crippen molar-refractivity contribution in [1.29, 1.82) is 0 Å². The van der Waals surface area contributed by atoms with Gasteiger partial charge in [0, 0.05) is 0 Å². The monoisotopic (exact) mass is 231 g/mol. The molecule has 0 saturated heterocycles. The summed E-state index contributed by atoms with van der Waals surface area (Å²) in [7, 11) is 0. The van der Waals surface area contributed by atoms with E-state index >= 15 is 0 Å². The predicted octanol–water partition coefficient (Wildman–Crippen LogP) is -2.58. The molecule has 3 radical (unpaired) electrons. The molecule has 0 aromatic heterocycles. The van der Waals surface area contributed by atoms with Crippen LogP contribution in [0.4, 0.5) is 0 Å². The number of hydrogen-bond acceptors (Lipinski definition) is 1. The molecular weight excluding hydrogens is 222 g/mol. The third-order valence-electron chi connectivity index (χ3n) is 0. The van der Waals surface area contributed by atoms with Gasteiger partial charge in [-0.3, -0.25) is 4.79 Å². The summed E-state index contributed by atoms with van der Waals surface area (Å²) in [5.74, 6) is -1.08. The first kappa shape index (κ1) is 23.0. The van der Waals surface area contributed by atoms with Crippen LogP contribution >= 0.6 is 0 Å². The summed E-state index contributed by atoms with van der Waals surface area (Å²) >= 11 is 0. The van der Waals surface area contributed by atoms with Gasteiger partial charge in [0.2, 0.25) is 0 Å².